The summed E-state index contributed by atoms with van der Waals surface area (Å²) in [6.07, 6.45) is 5.13. The van der Waals surface area contributed by atoms with Gasteiger partial charge in [0.2, 0.25) is 5.91 Å². The summed E-state index contributed by atoms with van der Waals surface area (Å²) in [4.78, 5) is 24.6. The summed E-state index contributed by atoms with van der Waals surface area (Å²) >= 11 is 3.48. The lowest BCUT2D eigenvalue weighted by molar-refractivity contribution is -0.131. The summed E-state index contributed by atoms with van der Waals surface area (Å²) in [5, 5.41) is 0. The number of nitrogens with zero attached hydrogens (tertiary/aromatic N) is 4. The van der Waals surface area contributed by atoms with Gasteiger partial charge in [0.1, 0.15) is 5.82 Å². The van der Waals surface area contributed by atoms with Gasteiger partial charge in [-0.05, 0) is 5.92 Å². The van der Waals surface area contributed by atoms with E-state index in [4.69, 9.17) is 0 Å². The maximum atomic E-state index is 12.2. The first-order valence-corrected chi connectivity index (χ1v) is 7.45. The number of carbonyl (C=O) groups excluding carboxylic acids is 1. The van der Waals surface area contributed by atoms with Gasteiger partial charge in [-0.15, -0.1) is 0 Å². The second-order valence-electron chi connectivity index (χ2n) is 5.02. The maximum Gasteiger partial charge on any atom is 0.236 e. The van der Waals surface area contributed by atoms with Crippen LogP contribution in [-0.2, 0) is 4.79 Å². The second kappa shape index (κ2) is 6.32. The molecule has 0 spiro atoms. The Kier molecular flexibility index (Phi) is 4.74. The minimum atomic E-state index is -0.0874. The van der Waals surface area contributed by atoms with Gasteiger partial charge in [-0.1, -0.05) is 29.8 Å². The zero-order valence-corrected chi connectivity index (χ0v) is 12.9. The number of carbonyl (C=O) groups is 1. The van der Waals surface area contributed by atoms with E-state index in [-0.39, 0.29) is 10.7 Å². The van der Waals surface area contributed by atoms with Gasteiger partial charge < -0.3 is 9.80 Å². The van der Waals surface area contributed by atoms with Crippen molar-refractivity contribution in [2.75, 3.05) is 31.1 Å². The molecule has 0 saturated carbocycles. The van der Waals surface area contributed by atoms with Gasteiger partial charge in [0, 0.05) is 38.6 Å². The highest BCUT2D eigenvalue weighted by Gasteiger charge is 2.27. The highest BCUT2D eigenvalue weighted by molar-refractivity contribution is 9.10. The first kappa shape index (κ1) is 14.2. The van der Waals surface area contributed by atoms with Crippen molar-refractivity contribution in [3.05, 3.63) is 18.6 Å². The maximum absolute atomic E-state index is 12.2. The number of rotatable bonds is 3. The number of anilines is 1. The average Bonchev–Trinajstić information content (AvgIpc) is 2.46. The minimum absolute atomic E-state index is 0.0874. The molecule has 1 atom stereocenters. The smallest absolute Gasteiger partial charge is 0.236 e. The molecule has 1 aliphatic heterocycles. The molecular weight excluding hydrogens is 308 g/mol. The normalized spacial score (nSPS) is 17.7. The van der Waals surface area contributed by atoms with Crippen LogP contribution in [0.4, 0.5) is 5.82 Å². The van der Waals surface area contributed by atoms with Gasteiger partial charge in [-0.25, -0.2) is 4.98 Å². The summed E-state index contributed by atoms with van der Waals surface area (Å²) in [5.74, 6) is 1.38. The monoisotopic (exact) mass is 326 g/mol. The van der Waals surface area contributed by atoms with Crippen molar-refractivity contribution in [1.82, 2.24) is 14.9 Å². The summed E-state index contributed by atoms with van der Waals surface area (Å²) in [6.45, 7) is 7.19. The van der Waals surface area contributed by atoms with Crippen LogP contribution in [0.2, 0.25) is 0 Å². The molecule has 1 aromatic rings. The largest absolute Gasteiger partial charge is 0.352 e. The summed E-state index contributed by atoms with van der Waals surface area (Å²) < 4.78 is 0. The SMILES string of the molecule is CC(C)C(Br)C(=O)N1CCN(c2cnccn2)CC1. The molecule has 2 heterocycles. The van der Waals surface area contributed by atoms with E-state index in [1.54, 1.807) is 18.6 Å². The van der Waals surface area contributed by atoms with E-state index in [1.807, 2.05) is 18.7 Å². The molecule has 0 N–H and O–H groups in total. The van der Waals surface area contributed by atoms with Crippen LogP contribution < -0.4 is 4.90 Å². The van der Waals surface area contributed by atoms with Gasteiger partial charge in [-0.2, -0.15) is 0 Å². The van der Waals surface area contributed by atoms with E-state index in [1.165, 1.54) is 0 Å². The van der Waals surface area contributed by atoms with Crippen LogP contribution in [0.3, 0.4) is 0 Å². The average molecular weight is 327 g/mol. The molecular formula is C13H19BrN4O. The number of halogens is 1. The first-order valence-electron chi connectivity index (χ1n) is 6.53. The molecule has 0 bridgehead atoms. The molecule has 1 saturated heterocycles. The third-order valence-electron chi connectivity index (χ3n) is 3.29. The Morgan fingerprint density at radius 3 is 2.47 bits per heavy atom. The van der Waals surface area contributed by atoms with Crippen molar-refractivity contribution >= 4 is 27.7 Å². The number of piperazine rings is 1. The van der Waals surface area contributed by atoms with Crippen LogP contribution in [0, 0.1) is 5.92 Å². The lowest BCUT2D eigenvalue weighted by Crippen LogP contribution is -2.51. The van der Waals surface area contributed by atoms with E-state index < -0.39 is 0 Å². The molecule has 1 fully saturated rings. The molecule has 0 radical (unpaired) electrons. The lowest BCUT2D eigenvalue weighted by atomic mass is 10.1. The van der Waals surface area contributed by atoms with Crippen molar-refractivity contribution in [2.45, 2.75) is 18.7 Å². The molecule has 1 aliphatic rings. The Morgan fingerprint density at radius 1 is 1.26 bits per heavy atom. The van der Waals surface area contributed by atoms with Crippen LogP contribution in [0.15, 0.2) is 18.6 Å². The fraction of sp³-hybridized carbons (Fsp3) is 0.615. The molecule has 104 valence electrons. The molecule has 1 aromatic heterocycles. The van der Waals surface area contributed by atoms with Crippen LogP contribution >= 0.6 is 15.9 Å². The standard InChI is InChI=1S/C13H19BrN4O/c1-10(2)12(14)13(19)18-7-5-17(6-8-18)11-9-15-3-4-16-11/h3-4,9-10,12H,5-8H2,1-2H3. The molecule has 5 nitrogen and oxygen atoms in total. The van der Waals surface area contributed by atoms with E-state index in [2.05, 4.69) is 30.8 Å². The van der Waals surface area contributed by atoms with E-state index in [9.17, 15) is 4.79 Å². The van der Waals surface area contributed by atoms with E-state index in [0.717, 1.165) is 32.0 Å². The minimum Gasteiger partial charge on any atom is -0.352 e. The predicted molar refractivity (Wildman–Crippen MR) is 78.4 cm³/mol. The highest BCUT2D eigenvalue weighted by Crippen LogP contribution is 2.18. The third-order valence-corrected chi connectivity index (χ3v) is 4.74. The van der Waals surface area contributed by atoms with Crippen molar-refractivity contribution in [1.29, 1.82) is 0 Å². The third kappa shape index (κ3) is 3.43. The number of alkyl halides is 1. The quantitative estimate of drug-likeness (QED) is 0.791. The topological polar surface area (TPSA) is 49.3 Å². The fourth-order valence-electron chi connectivity index (χ4n) is 2.07. The van der Waals surface area contributed by atoms with Crippen LogP contribution in [0.25, 0.3) is 0 Å². The van der Waals surface area contributed by atoms with Crippen molar-refractivity contribution in [2.24, 2.45) is 5.92 Å². The Morgan fingerprint density at radius 2 is 1.95 bits per heavy atom. The van der Waals surface area contributed by atoms with Gasteiger partial charge >= 0.3 is 0 Å². The fourth-order valence-corrected chi connectivity index (χ4v) is 2.36. The van der Waals surface area contributed by atoms with Gasteiger partial charge in [0.25, 0.3) is 0 Å². The van der Waals surface area contributed by atoms with E-state index in [0.29, 0.717) is 5.92 Å². The van der Waals surface area contributed by atoms with E-state index >= 15 is 0 Å². The molecule has 1 unspecified atom stereocenters. The predicted octanol–water partition coefficient (Wildman–Crippen LogP) is 1.54. The second-order valence-corrected chi connectivity index (χ2v) is 6.01. The summed E-state index contributed by atoms with van der Waals surface area (Å²) in [5.41, 5.74) is 0. The molecule has 0 aliphatic carbocycles. The summed E-state index contributed by atoms with van der Waals surface area (Å²) in [6, 6.07) is 0. The number of aromatic nitrogens is 2. The van der Waals surface area contributed by atoms with Crippen molar-refractivity contribution in [3.63, 3.8) is 0 Å². The number of hydrogen-bond donors (Lipinski definition) is 0. The molecule has 2 rings (SSSR count). The summed E-state index contributed by atoms with van der Waals surface area (Å²) in [7, 11) is 0. The molecule has 19 heavy (non-hydrogen) atoms. The molecule has 1 amide bonds. The molecule has 0 aromatic carbocycles. The van der Waals surface area contributed by atoms with Crippen molar-refractivity contribution in [3.8, 4) is 0 Å². The Balaban J connectivity index is 1.91. The van der Waals surface area contributed by atoms with Crippen LogP contribution in [0.1, 0.15) is 13.8 Å². The zero-order valence-electron chi connectivity index (χ0n) is 11.3. The van der Waals surface area contributed by atoms with Crippen molar-refractivity contribution < 1.29 is 4.79 Å². The zero-order chi connectivity index (χ0) is 13.8. The van der Waals surface area contributed by atoms with Gasteiger partial charge in [-0.3, -0.25) is 9.78 Å². The van der Waals surface area contributed by atoms with Crippen LogP contribution in [-0.4, -0.2) is 51.8 Å². The Labute approximate surface area is 122 Å². The van der Waals surface area contributed by atoms with Gasteiger partial charge in [0.15, 0.2) is 0 Å². The Bertz CT molecular complexity index is 418. The van der Waals surface area contributed by atoms with Gasteiger partial charge in [0.05, 0.1) is 11.0 Å². The number of amides is 1. The number of hydrogen-bond acceptors (Lipinski definition) is 4. The highest BCUT2D eigenvalue weighted by atomic mass is 79.9. The molecule has 6 heteroatoms. The lowest BCUT2D eigenvalue weighted by Gasteiger charge is -2.36. The Hall–Kier alpha value is -1.17. The first-order chi connectivity index (χ1) is 9.09. The van der Waals surface area contributed by atoms with Crippen LogP contribution in [0.5, 0.6) is 0 Å².